The van der Waals surface area contributed by atoms with Crippen LogP contribution >= 0.6 is 23.6 Å². The minimum atomic E-state index is -0.265. The maximum Gasteiger partial charge on any atom is 0.255 e. The third-order valence-corrected chi connectivity index (χ3v) is 5.51. The molecule has 1 amide bonds. The topological polar surface area (TPSA) is 53.6 Å². The number of anilines is 1. The molecule has 1 aromatic carbocycles. The first-order chi connectivity index (χ1) is 12.0. The Morgan fingerprint density at radius 1 is 1.32 bits per heavy atom. The minimum Gasteiger partial charge on any atom is -0.495 e. The molecular formula is C18H19N3O2S2. The van der Waals surface area contributed by atoms with Gasteiger partial charge in [0.1, 0.15) is 5.75 Å². The number of para-hydroxylation sites is 2. The van der Waals surface area contributed by atoms with Crippen LogP contribution < -0.4 is 15.4 Å². The van der Waals surface area contributed by atoms with Gasteiger partial charge in [-0.1, -0.05) is 18.2 Å². The number of allylic oxidation sites excluding steroid dienone is 1. The first kappa shape index (κ1) is 17.4. The van der Waals surface area contributed by atoms with Crippen LogP contribution in [0.1, 0.15) is 17.8 Å². The van der Waals surface area contributed by atoms with E-state index in [0.717, 1.165) is 10.6 Å². The maximum absolute atomic E-state index is 13.1. The molecule has 5 nitrogen and oxygen atoms in total. The van der Waals surface area contributed by atoms with Gasteiger partial charge in [0.2, 0.25) is 0 Å². The van der Waals surface area contributed by atoms with Crippen molar-refractivity contribution < 1.29 is 9.53 Å². The van der Waals surface area contributed by atoms with Crippen molar-refractivity contribution in [2.24, 2.45) is 0 Å². The van der Waals surface area contributed by atoms with Crippen LogP contribution in [0.15, 0.2) is 53.0 Å². The van der Waals surface area contributed by atoms with Crippen molar-refractivity contribution in [2.45, 2.75) is 13.0 Å². The standard InChI is InChI=1S/C18H19N3O2S2/c1-11-15(17(22)19-12-7-4-5-8-13(12)23-3)16(14-9-6-10-25-14)20-18(24)21(11)2/h4-10,16H,1-3H3,(H,19,22)(H,20,24)/t16-/m1/s1. The molecular weight excluding hydrogens is 354 g/mol. The van der Waals surface area contributed by atoms with Crippen molar-refractivity contribution >= 4 is 40.3 Å². The van der Waals surface area contributed by atoms with Crippen LogP contribution in [0.4, 0.5) is 5.69 Å². The zero-order valence-electron chi connectivity index (χ0n) is 14.2. The smallest absolute Gasteiger partial charge is 0.255 e. The molecule has 0 spiro atoms. The lowest BCUT2D eigenvalue weighted by Crippen LogP contribution is -2.46. The lowest BCUT2D eigenvalue weighted by molar-refractivity contribution is -0.113. The van der Waals surface area contributed by atoms with Crippen LogP contribution in [0.3, 0.4) is 0 Å². The predicted octanol–water partition coefficient (Wildman–Crippen LogP) is 3.53. The van der Waals surface area contributed by atoms with Crippen LogP contribution in [0.5, 0.6) is 5.75 Å². The summed E-state index contributed by atoms with van der Waals surface area (Å²) < 4.78 is 5.32. The monoisotopic (exact) mass is 373 g/mol. The number of hydrogen-bond acceptors (Lipinski definition) is 4. The third kappa shape index (κ3) is 3.38. The predicted molar refractivity (Wildman–Crippen MR) is 105 cm³/mol. The van der Waals surface area contributed by atoms with Gasteiger partial charge in [0.25, 0.3) is 5.91 Å². The molecule has 1 aromatic heterocycles. The average Bonchev–Trinajstić information content (AvgIpc) is 3.14. The molecule has 0 unspecified atom stereocenters. The summed E-state index contributed by atoms with van der Waals surface area (Å²) in [5.41, 5.74) is 2.11. The molecule has 2 heterocycles. The largest absolute Gasteiger partial charge is 0.495 e. The van der Waals surface area contributed by atoms with Crippen molar-refractivity contribution in [3.8, 4) is 5.75 Å². The number of nitrogens with zero attached hydrogens (tertiary/aromatic N) is 1. The molecule has 0 aliphatic carbocycles. The Bertz CT molecular complexity index is 831. The van der Waals surface area contributed by atoms with Gasteiger partial charge < -0.3 is 20.3 Å². The highest BCUT2D eigenvalue weighted by molar-refractivity contribution is 7.80. The number of carbonyl (C=O) groups is 1. The summed E-state index contributed by atoms with van der Waals surface area (Å²) in [5.74, 6) is 0.441. The van der Waals surface area contributed by atoms with E-state index < -0.39 is 0 Å². The van der Waals surface area contributed by atoms with E-state index in [-0.39, 0.29) is 11.9 Å². The second-order valence-corrected chi connectivity index (χ2v) is 6.98. The molecule has 0 saturated heterocycles. The fourth-order valence-corrected chi connectivity index (χ4v) is 3.78. The van der Waals surface area contributed by atoms with E-state index in [0.29, 0.717) is 22.1 Å². The molecule has 1 atom stereocenters. The summed E-state index contributed by atoms with van der Waals surface area (Å²) in [6.45, 7) is 1.91. The summed E-state index contributed by atoms with van der Waals surface area (Å²) in [6.07, 6.45) is 0. The molecule has 2 aromatic rings. The SMILES string of the molecule is COc1ccccc1NC(=O)C1=C(C)N(C)C(=S)N[C@@H]1c1cccs1. The Morgan fingerprint density at radius 3 is 2.76 bits per heavy atom. The number of rotatable bonds is 4. The Hall–Kier alpha value is -2.38. The van der Waals surface area contributed by atoms with Crippen LogP contribution in [-0.4, -0.2) is 30.1 Å². The number of thiocarbonyl (C=S) groups is 1. The van der Waals surface area contributed by atoms with Gasteiger partial charge in [0.15, 0.2) is 5.11 Å². The molecule has 25 heavy (non-hydrogen) atoms. The van der Waals surface area contributed by atoms with Gasteiger partial charge in [-0.15, -0.1) is 11.3 Å². The zero-order chi connectivity index (χ0) is 18.0. The second kappa shape index (κ2) is 7.25. The Labute approximate surface area is 156 Å². The normalized spacial score (nSPS) is 17.3. The summed E-state index contributed by atoms with van der Waals surface area (Å²) in [5, 5.41) is 8.82. The van der Waals surface area contributed by atoms with E-state index in [1.807, 2.05) is 60.6 Å². The number of hydrogen-bond donors (Lipinski definition) is 2. The van der Waals surface area contributed by atoms with E-state index in [1.165, 1.54) is 0 Å². The van der Waals surface area contributed by atoms with E-state index in [2.05, 4.69) is 10.6 Å². The van der Waals surface area contributed by atoms with Gasteiger partial charge >= 0.3 is 0 Å². The van der Waals surface area contributed by atoms with Crippen molar-refractivity contribution in [3.05, 3.63) is 57.9 Å². The number of carbonyl (C=O) groups excluding carboxylic acids is 1. The molecule has 2 N–H and O–H groups in total. The van der Waals surface area contributed by atoms with Crippen molar-refractivity contribution in [2.75, 3.05) is 19.5 Å². The zero-order valence-corrected chi connectivity index (χ0v) is 15.8. The maximum atomic E-state index is 13.1. The Kier molecular flexibility index (Phi) is 5.06. The van der Waals surface area contributed by atoms with Gasteiger partial charge in [-0.05, 0) is 42.7 Å². The first-order valence-electron chi connectivity index (χ1n) is 7.75. The number of methoxy groups -OCH3 is 1. The van der Waals surface area contributed by atoms with Gasteiger partial charge in [-0.2, -0.15) is 0 Å². The summed E-state index contributed by atoms with van der Waals surface area (Å²) >= 11 is 6.99. The quantitative estimate of drug-likeness (QED) is 0.803. The second-order valence-electron chi connectivity index (χ2n) is 5.61. The third-order valence-electron chi connectivity index (χ3n) is 4.18. The molecule has 7 heteroatoms. The van der Waals surface area contributed by atoms with Crippen molar-refractivity contribution in [1.29, 1.82) is 0 Å². The average molecular weight is 374 g/mol. The van der Waals surface area contributed by atoms with Gasteiger partial charge in [0.05, 0.1) is 24.4 Å². The van der Waals surface area contributed by atoms with Gasteiger partial charge in [0, 0.05) is 17.6 Å². The van der Waals surface area contributed by atoms with E-state index >= 15 is 0 Å². The highest BCUT2D eigenvalue weighted by Crippen LogP contribution is 2.34. The highest BCUT2D eigenvalue weighted by Gasteiger charge is 2.33. The molecule has 0 bridgehead atoms. The van der Waals surface area contributed by atoms with Crippen LogP contribution in [0, 0.1) is 0 Å². The van der Waals surface area contributed by atoms with Crippen LogP contribution in [0.25, 0.3) is 0 Å². The number of thiophene rings is 1. The van der Waals surface area contributed by atoms with E-state index in [4.69, 9.17) is 17.0 Å². The molecule has 130 valence electrons. The summed E-state index contributed by atoms with van der Waals surface area (Å²) in [4.78, 5) is 15.9. The molecule has 3 rings (SSSR count). The number of nitrogens with one attached hydrogen (secondary N) is 2. The molecule has 1 aliphatic rings. The van der Waals surface area contributed by atoms with Crippen LogP contribution in [0.2, 0.25) is 0 Å². The molecule has 1 aliphatic heterocycles. The fourth-order valence-electron chi connectivity index (χ4n) is 2.74. The summed E-state index contributed by atoms with van der Waals surface area (Å²) in [7, 11) is 3.43. The Morgan fingerprint density at radius 2 is 2.08 bits per heavy atom. The number of ether oxygens (including phenoxy) is 1. The minimum absolute atomic E-state index is 0.178. The molecule has 0 saturated carbocycles. The van der Waals surface area contributed by atoms with Gasteiger partial charge in [-0.25, -0.2) is 0 Å². The van der Waals surface area contributed by atoms with Crippen LogP contribution in [-0.2, 0) is 4.79 Å². The highest BCUT2D eigenvalue weighted by atomic mass is 32.1. The van der Waals surface area contributed by atoms with Gasteiger partial charge in [-0.3, -0.25) is 4.79 Å². The lowest BCUT2D eigenvalue weighted by atomic mass is 10.00. The van der Waals surface area contributed by atoms with E-state index in [9.17, 15) is 4.79 Å². The van der Waals surface area contributed by atoms with E-state index in [1.54, 1.807) is 18.4 Å². The number of benzene rings is 1. The summed E-state index contributed by atoms with van der Waals surface area (Å²) in [6, 6.07) is 11.1. The molecule has 0 radical (unpaired) electrons. The van der Waals surface area contributed by atoms with Crippen molar-refractivity contribution in [1.82, 2.24) is 10.2 Å². The van der Waals surface area contributed by atoms with Crippen molar-refractivity contribution in [3.63, 3.8) is 0 Å². The molecule has 0 fully saturated rings. The fraction of sp³-hybridized carbons (Fsp3) is 0.222. The number of amides is 1. The lowest BCUT2D eigenvalue weighted by Gasteiger charge is -2.35. The first-order valence-corrected chi connectivity index (χ1v) is 9.04. The Balaban J connectivity index is 1.98.